The van der Waals surface area contributed by atoms with Crippen molar-refractivity contribution in [3.63, 3.8) is 0 Å². The first-order chi connectivity index (χ1) is 35.4. The molecule has 9 N–H and O–H groups in total. The van der Waals surface area contributed by atoms with Gasteiger partial charge < -0.3 is 46.5 Å². The predicted molar refractivity (Wildman–Crippen MR) is 280 cm³/mol. The Labute approximate surface area is 428 Å². The molecule has 4 aromatic rings. The SMILES string of the molecule is COc1cc2c(cc1O)C(CC(O)C(O)CC(C1=CCNC(N)=C1)c1ccc3ccccc3c1)C#CC1(CCC(C3CC4c5[nH]cc6c5C5C(CC6)C(=O)CC6NCC(C4C65)C34CCCC4)CC1O)C(=O)CC2. The molecular weight excluding hydrogens is 913 g/mol. The molecule has 1 saturated heterocycles. The maximum absolute atomic E-state index is 14.9. The van der Waals surface area contributed by atoms with Gasteiger partial charge in [-0.25, -0.2) is 0 Å². The van der Waals surface area contributed by atoms with Crippen LogP contribution in [0.2, 0.25) is 0 Å². The molecule has 0 bridgehead atoms. The fraction of sp³-hybridized carbons (Fsp3) is 0.548. The first-order valence-electron chi connectivity index (χ1n) is 27.8. The van der Waals surface area contributed by atoms with E-state index in [0.717, 1.165) is 59.7 Å². The van der Waals surface area contributed by atoms with Gasteiger partial charge >= 0.3 is 0 Å². The van der Waals surface area contributed by atoms with Gasteiger partial charge in [-0.2, -0.15) is 0 Å². The van der Waals surface area contributed by atoms with Gasteiger partial charge in [-0.1, -0.05) is 73.2 Å². The summed E-state index contributed by atoms with van der Waals surface area (Å²) in [5.41, 5.74) is 12.9. The standard InChI is InChI=1S/C62H72N4O7/c1-73-52-24-36-11-13-53(71)62(19-14-37(43(36)29-51(52)70)23-49(68)50(69)28-42(38-16-21-64-55(63)26-38)35-9-8-33-6-2-3-7-34(33)22-35)20-15-39(25-54(62)72)45-27-44-57-46(61(45)17-4-5-18-61)32-65-47-30-48(67)41-12-10-40-31-66-60(44)56(40)58(41)59(47)57/h2-3,6-9,16,22,24,26,29,31,37,39,41-42,44-47,49-50,54,57-59,64-66,68-70,72H,4-5,10-13,15,17-18,20-21,23,25,27-28,30,32,63H2,1H3. The number of Topliss-reactive ketones (excluding diaryl/α,β-unsaturated/α-hetero) is 2. The zero-order chi connectivity index (χ0) is 49.9. The van der Waals surface area contributed by atoms with Crippen molar-refractivity contribution >= 4 is 22.3 Å². The molecule has 4 saturated carbocycles. The van der Waals surface area contributed by atoms with Gasteiger partial charge in [-0.15, -0.1) is 0 Å². The lowest BCUT2D eigenvalue weighted by atomic mass is 9.40. The van der Waals surface area contributed by atoms with Crippen molar-refractivity contribution in [1.82, 2.24) is 15.6 Å². The number of rotatable bonds is 9. The number of hydrogen-bond acceptors (Lipinski definition) is 10. The van der Waals surface area contributed by atoms with Gasteiger partial charge in [0.25, 0.3) is 0 Å². The summed E-state index contributed by atoms with van der Waals surface area (Å²) in [6, 6.07) is 18.2. The smallest absolute Gasteiger partial charge is 0.160 e. The lowest BCUT2D eigenvalue weighted by molar-refractivity contribution is -0.149. The summed E-state index contributed by atoms with van der Waals surface area (Å²) in [5.74, 6) is 10.2. The third-order valence-corrected chi connectivity index (χ3v) is 21.0. The van der Waals surface area contributed by atoms with E-state index in [1.165, 1.54) is 49.6 Å². The number of aliphatic hydroxyl groups is 3. The predicted octanol–water partition coefficient (Wildman–Crippen LogP) is 8.06. The van der Waals surface area contributed by atoms with Crippen LogP contribution in [0.1, 0.15) is 141 Å². The molecule has 11 heteroatoms. The van der Waals surface area contributed by atoms with Crippen LogP contribution in [-0.4, -0.2) is 81.5 Å². The van der Waals surface area contributed by atoms with Crippen molar-refractivity contribution in [2.24, 2.45) is 52.1 Å². The van der Waals surface area contributed by atoms with Crippen LogP contribution >= 0.6 is 0 Å². The summed E-state index contributed by atoms with van der Waals surface area (Å²) in [4.78, 5) is 32.6. The van der Waals surface area contributed by atoms with Crippen LogP contribution in [-0.2, 0) is 22.4 Å². The molecule has 382 valence electrons. The highest BCUT2D eigenvalue weighted by Crippen LogP contribution is 2.71. The van der Waals surface area contributed by atoms with E-state index in [9.17, 15) is 30.0 Å². The number of aromatic amines is 1. The Bertz CT molecular complexity index is 2990. The van der Waals surface area contributed by atoms with Gasteiger partial charge in [0.2, 0.25) is 0 Å². The molecule has 5 fully saturated rings. The van der Waals surface area contributed by atoms with Crippen molar-refractivity contribution in [3.8, 4) is 23.3 Å². The summed E-state index contributed by atoms with van der Waals surface area (Å²) in [6.45, 7) is 1.50. The van der Waals surface area contributed by atoms with Crippen LogP contribution in [0.4, 0.5) is 0 Å². The van der Waals surface area contributed by atoms with Gasteiger partial charge in [-0.3, -0.25) is 9.59 Å². The van der Waals surface area contributed by atoms with E-state index in [2.05, 4.69) is 70.1 Å². The van der Waals surface area contributed by atoms with Crippen LogP contribution in [0.25, 0.3) is 10.8 Å². The van der Waals surface area contributed by atoms with Crippen molar-refractivity contribution in [2.75, 3.05) is 20.2 Å². The van der Waals surface area contributed by atoms with E-state index in [0.29, 0.717) is 84.9 Å². The van der Waals surface area contributed by atoms with E-state index in [4.69, 9.17) is 10.5 Å². The molecule has 2 spiro atoms. The van der Waals surface area contributed by atoms with Crippen molar-refractivity contribution in [2.45, 2.75) is 144 Å². The number of nitrogens with two attached hydrogens (primary N) is 1. The van der Waals surface area contributed by atoms with Gasteiger partial charge in [0, 0.05) is 66.9 Å². The maximum Gasteiger partial charge on any atom is 0.160 e. The lowest BCUT2D eigenvalue weighted by Crippen LogP contribution is -2.67. The number of hydrogen-bond donors (Lipinski definition) is 8. The minimum Gasteiger partial charge on any atom is -0.504 e. The van der Waals surface area contributed by atoms with Crippen LogP contribution in [0, 0.1) is 58.2 Å². The second-order valence-corrected chi connectivity index (χ2v) is 24.1. The van der Waals surface area contributed by atoms with Crippen molar-refractivity contribution in [3.05, 3.63) is 118 Å². The van der Waals surface area contributed by atoms with Crippen LogP contribution in [0.15, 0.2) is 84.3 Å². The van der Waals surface area contributed by atoms with Crippen LogP contribution in [0.5, 0.6) is 11.5 Å². The first-order valence-corrected chi connectivity index (χ1v) is 27.8. The Morgan fingerprint density at radius 2 is 1.74 bits per heavy atom. The van der Waals surface area contributed by atoms with Crippen LogP contribution < -0.4 is 21.1 Å². The fourth-order valence-electron chi connectivity index (χ4n) is 17.8. The Morgan fingerprint density at radius 3 is 2.55 bits per heavy atom. The van der Waals surface area contributed by atoms with Gasteiger partial charge in [0.05, 0.1) is 31.2 Å². The number of aromatic hydroxyl groups is 1. The minimum absolute atomic E-state index is 0.0432. The highest BCUT2D eigenvalue weighted by Gasteiger charge is 2.67. The molecule has 11 nitrogen and oxygen atoms in total. The number of carbonyl (C=O) groups is 2. The lowest BCUT2D eigenvalue weighted by Gasteiger charge is -2.66. The number of aryl methyl sites for hydroxylation is 2. The summed E-state index contributed by atoms with van der Waals surface area (Å²) in [6.07, 6.45) is 13.9. The zero-order valence-electron chi connectivity index (χ0n) is 42.1. The number of phenols is 1. The second-order valence-electron chi connectivity index (χ2n) is 24.1. The summed E-state index contributed by atoms with van der Waals surface area (Å²) in [5, 5.41) is 57.7. The van der Waals surface area contributed by atoms with E-state index in [1.807, 2.05) is 18.2 Å². The number of phenolic OH excluding ortho intramolecular Hbond substituents is 1. The van der Waals surface area contributed by atoms with Crippen LogP contribution in [0.3, 0.4) is 0 Å². The topological polar surface area (TPSA) is 190 Å². The number of dihydropyridines is 1. The number of methoxy groups -OCH3 is 1. The average Bonchev–Trinajstić information content (AvgIpc) is 4.09. The third-order valence-electron chi connectivity index (χ3n) is 21.0. The quantitative estimate of drug-likeness (QED) is 0.0762. The number of aliphatic hydroxyl groups excluding tert-OH is 3. The molecule has 3 aromatic carbocycles. The van der Waals surface area contributed by atoms with E-state index in [-0.39, 0.29) is 65.8 Å². The number of allylic oxidation sites excluding steroid dienone is 2. The highest BCUT2D eigenvalue weighted by atomic mass is 16.5. The zero-order valence-corrected chi connectivity index (χ0v) is 42.1. The van der Waals surface area contributed by atoms with E-state index in [1.54, 1.807) is 12.1 Å². The number of fused-ring (bicyclic) bond motifs is 4. The summed E-state index contributed by atoms with van der Waals surface area (Å²) < 4.78 is 5.58. The maximum atomic E-state index is 14.9. The number of benzene rings is 3. The first kappa shape index (κ1) is 47.3. The van der Waals surface area contributed by atoms with Gasteiger partial charge in [0.15, 0.2) is 17.3 Å². The monoisotopic (exact) mass is 985 g/mol. The molecular formula is C62H72N4O7. The molecule has 1 aromatic heterocycles. The van der Waals surface area contributed by atoms with Crippen molar-refractivity contribution < 1.29 is 34.8 Å². The fourth-order valence-corrected chi connectivity index (χ4v) is 17.8. The Morgan fingerprint density at radius 1 is 0.904 bits per heavy atom. The molecule has 0 amide bonds. The molecule has 13 rings (SSSR count). The number of aromatic nitrogens is 1. The number of carbonyl (C=O) groups excluding carboxylic acids is 2. The molecule has 7 aliphatic carbocycles. The minimum atomic E-state index is -1.29. The summed E-state index contributed by atoms with van der Waals surface area (Å²) in [7, 11) is 1.50. The summed E-state index contributed by atoms with van der Waals surface area (Å²) >= 11 is 0. The normalized spacial score (nSPS) is 34.9. The van der Waals surface area contributed by atoms with Crippen molar-refractivity contribution in [1.29, 1.82) is 0 Å². The molecule has 2 aliphatic heterocycles. The molecule has 3 heterocycles. The molecule has 15 atom stereocenters. The number of H-pyrrole nitrogens is 1. The van der Waals surface area contributed by atoms with Gasteiger partial charge in [0.1, 0.15) is 11.2 Å². The number of nitrogens with one attached hydrogen (secondary N) is 3. The highest BCUT2D eigenvalue weighted by molar-refractivity contribution is 5.89. The number of piperidine rings is 1. The number of ketones is 2. The van der Waals surface area contributed by atoms with E-state index < -0.39 is 29.6 Å². The Hall–Kier alpha value is -5.38. The Balaban J connectivity index is 0.807. The van der Waals surface area contributed by atoms with Gasteiger partial charge in [-0.05, 0) is 175 Å². The molecule has 15 unspecified atom stereocenters. The third kappa shape index (κ3) is 7.58. The molecule has 9 aliphatic rings. The van der Waals surface area contributed by atoms with E-state index >= 15 is 0 Å². The largest absolute Gasteiger partial charge is 0.504 e. The average molecular weight is 985 g/mol. The number of ether oxygens (including phenoxy) is 1. The molecule has 73 heavy (non-hydrogen) atoms. The Kier molecular flexibility index (Phi) is 11.8. The molecule has 0 radical (unpaired) electrons. The second kappa shape index (κ2) is 18.2.